The molecule has 0 saturated carbocycles. The third-order valence-electron chi connectivity index (χ3n) is 6.56. The third kappa shape index (κ3) is 4.70. The van der Waals surface area contributed by atoms with E-state index in [1.807, 2.05) is 4.90 Å². The Bertz CT molecular complexity index is 973. The first-order valence-corrected chi connectivity index (χ1v) is 11.4. The van der Waals surface area contributed by atoms with Crippen LogP contribution in [0.3, 0.4) is 0 Å². The van der Waals surface area contributed by atoms with Gasteiger partial charge in [-0.05, 0) is 37.3 Å². The van der Waals surface area contributed by atoms with Crippen molar-refractivity contribution in [2.24, 2.45) is 11.8 Å². The largest absolute Gasteiger partial charge is 0.341 e. The van der Waals surface area contributed by atoms with Crippen LogP contribution in [0.15, 0.2) is 30.5 Å². The molecule has 4 rings (SSSR count). The lowest BCUT2D eigenvalue weighted by Crippen LogP contribution is -2.53. The molecule has 32 heavy (non-hydrogen) atoms. The van der Waals surface area contributed by atoms with Gasteiger partial charge in [-0.25, -0.2) is 9.07 Å². The average Bonchev–Trinajstić information content (AvgIpc) is 3.14. The molecule has 7 nitrogen and oxygen atoms in total. The number of hydrogen-bond acceptors (Lipinski definition) is 4. The third-order valence-corrected chi connectivity index (χ3v) is 6.56. The van der Waals surface area contributed by atoms with Gasteiger partial charge in [0.1, 0.15) is 11.5 Å². The first-order chi connectivity index (χ1) is 15.3. The summed E-state index contributed by atoms with van der Waals surface area (Å²) in [5.74, 6) is 0.796. The number of carbonyl (C=O) groups excluding carboxylic acids is 2. The second-order valence-electron chi connectivity index (χ2n) is 9.32. The van der Waals surface area contributed by atoms with Crippen LogP contribution in [0.2, 0.25) is 0 Å². The highest BCUT2D eigenvalue weighted by Crippen LogP contribution is 2.22. The fraction of sp³-hybridized carbons (Fsp3) is 0.542. The number of benzene rings is 1. The molecule has 1 aromatic carbocycles. The van der Waals surface area contributed by atoms with Crippen LogP contribution in [0, 0.1) is 24.6 Å². The zero-order valence-electron chi connectivity index (χ0n) is 19.1. The highest BCUT2D eigenvalue weighted by atomic mass is 19.1. The number of rotatable bonds is 4. The Balaban J connectivity index is 1.34. The van der Waals surface area contributed by atoms with Crippen molar-refractivity contribution in [1.29, 1.82) is 0 Å². The second kappa shape index (κ2) is 9.40. The Hall–Kier alpha value is -2.74. The molecule has 0 radical (unpaired) electrons. The summed E-state index contributed by atoms with van der Waals surface area (Å²) in [5, 5.41) is 4.25. The van der Waals surface area contributed by atoms with E-state index in [1.165, 1.54) is 23.4 Å². The Morgan fingerprint density at radius 1 is 1.03 bits per heavy atom. The predicted octanol–water partition coefficient (Wildman–Crippen LogP) is 2.58. The zero-order valence-corrected chi connectivity index (χ0v) is 19.1. The molecule has 2 saturated heterocycles. The van der Waals surface area contributed by atoms with Crippen LogP contribution in [0.5, 0.6) is 0 Å². The molecule has 2 aliphatic rings. The molecule has 0 N–H and O–H groups in total. The van der Waals surface area contributed by atoms with Gasteiger partial charge in [-0.3, -0.25) is 14.5 Å². The van der Waals surface area contributed by atoms with Crippen LogP contribution >= 0.6 is 0 Å². The predicted molar refractivity (Wildman–Crippen MR) is 120 cm³/mol. The van der Waals surface area contributed by atoms with Crippen molar-refractivity contribution in [2.45, 2.75) is 27.2 Å². The van der Waals surface area contributed by atoms with Gasteiger partial charge >= 0.3 is 0 Å². The van der Waals surface area contributed by atoms with Crippen molar-refractivity contribution in [3.05, 3.63) is 47.5 Å². The van der Waals surface area contributed by atoms with Crippen molar-refractivity contribution < 1.29 is 14.0 Å². The maximum Gasteiger partial charge on any atom is 0.257 e. The van der Waals surface area contributed by atoms with Crippen LogP contribution in [0.4, 0.5) is 4.39 Å². The standard InChI is InChI=1S/C24H32FN5O2/c1-17-12-18(2)15-29(14-17)23(31)16-27-8-10-28(11-9-27)24(32)20-13-26-30(19(20)3)22-7-5-4-6-21(22)25/h4-7,13,17-18H,8-12,14-16H2,1-3H3. The van der Waals surface area contributed by atoms with Gasteiger partial charge in [0.2, 0.25) is 5.91 Å². The van der Waals surface area contributed by atoms with Gasteiger partial charge in [-0.15, -0.1) is 0 Å². The molecule has 2 aliphatic heterocycles. The molecule has 1 aromatic heterocycles. The quantitative estimate of drug-likeness (QED) is 0.732. The number of para-hydroxylation sites is 1. The molecular formula is C24H32FN5O2. The maximum absolute atomic E-state index is 14.2. The number of amides is 2. The molecule has 2 fully saturated rings. The number of hydrogen-bond donors (Lipinski definition) is 0. The topological polar surface area (TPSA) is 61.7 Å². The number of halogens is 1. The van der Waals surface area contributed by atoms with Gasteiger partial charge in [0.05, 0.1) is 24.0 Å². The van der Waals surface area contributed by atoms with E-state index >= 15 is 0 Å². The van der Waals surface area contributed by atoms with E-state index in [-0.39, 0.29) is 17.6 Å². The smallest absolute Gasteiger partial charge is 0.257 e. The molecule has 3 heterocycles. The molecule has 2 aromatic rings. The van der Waals surface area contributed by atoms with Crippen LogP contribution in [0.25, 0.3) is 5.69 Å². The van der Waals surface area contributed by atoms with E-state index < -0.39 is 0 Å². The summed E-state index contributed by atoms with van der Waals surface area (Å²) in [4.78, 5) is 31.8. The lowest BCUT2D eigenvalue weighted by molar-refractivity contribution is -0.135. The van der Waals surface area contributed by atoms with E-state index in [0.717, 1.165) is 13.1 Å². The molecular weight excluding hydrogens is 409 g/mol. The minimum Gasteiger partial charge on any atom is -0.341 e. The lowest BCUT2D eigenvalue weighted by atomic mass is 9.92. The minimum atomic E-state index is -0.381. The second-order valence-corrected chi connectivity index (χ2v) is 9.32. The van der Waals surface area contributed by atoms with E-state index in [0.29, 0.717) is 61.5 Å². The van der Waals surface area contributed by atoms with Crippen LogP contribution in [-0.4, -0.2) is 82.1 Å². The molecule has 172 valence electrons. The summed E-state index contributed by atoms with van der Waals surface area (Å²) >= 11 is 0. The summed E-state index contributed by atoms with van der Waals surface area (Å²) < 4.78 is 15.6. The molecule has 0 spiro atoms. The lowest BCUT2D eigenvalue weighted by Gasteiger charge is -2.38. The summed E-state index contributed by atoms with van der Waals surface area (Å²) in [6.45, 7) is 10.7. The number of piperazine rings is 1. The fourth-order valence-corrected chi connectivity index (χ4v) is 4.92. The fourth-order valence-electron chi connectivity index (χ4n) is 4.92. The summed E-state index contributed by atoms with van der Waals surface area (Å²) in [6.07, 6.45) is 2.69. The molecule has 0 bridgehead atoms. The van der Waals surface area contributed by atoms with Crippen LogP contribution in [0.1, 0.15) is 36.3 Å². The van der Waals surface area contributed by atoms with Crippen molar-refractivity contribution in [3.63, 3.8) is 0 Å². The zero-order chi connectivity index (χ0) is 22.8. The molecule has 2 amide bonds. The van der Waals surface area contributed by atoms with E-state index in [4.69, 9.17) is 0 Å². The van der Waals surface area contributed by atoms with Gasteiger partial charge in [0.15, 0.2) is 0 Å². The number of piperidine rings is 1. The van der Waals surface area contributed by atoms with Gasteiger partial charge < -0.3 is 9.80 Å². The Kier molecular flexibility index (Phi) is 6.60. The number of carbonyl (C=O) groups is 2. The Morgan fingerprint density at radius 3 is 2.34 bits per heavy atom. The highest BCUT2D eigenvalue weighted by Gasteiger charge is 2.29. The van der Waals surface area contributed by atoms with Gasteiger partial charge in [0, 0.05) is 39.3 Å². The van der Waals surface area contributed by atoms with E-state index in [9.17, 15) is 14.0 Å². The summed E-state index contributed by atoms with van der Waals surface area (Å²) in [6, 6.07) is 6.39. The number of nitrogens with zero attached hydrogens (tertiary/aromatic N) is 5. The van der Waals surface area contributed by atoms with Crippen LogP contribution < -0.4 is 0 Å². The average molecular weight is 442 g/mol. The Morgan fingerprint density at radius 2 is 1.69 bits per heavy atom. The first kappa shape index (κ1) is 22.5. The normalized spacial score (nSPS) is 22.2. The molecule has 2 unspecified atom stereocenters. The van der Waals surface area contributed by atoms with Crippen molar-refractivity contribution in [3.8, 4) is 5.69 Å². The molecule has 8 heteroatoms. The van der Waals surface area contributed by atoms with E-state index in [2.05, 4.69) is 23.8 Å². The van der Waals surface area contributed by atoms with Gasteiger partial charge in [-0.1, -0.05) is 26.0 Å². The molecule has 0 aliphatic carbocycles. The number of likely N-dealkylation sites (tertiary alicyclic amines) is 1. The molecule has 2 atom stereocenters. The SMILES string of the molecule is Cc1c(C(=O)N2CCN(CC(=O)N3CC(C)CC(C)C3)CC2)cnn1-c1ccccc1F. The Labute approximate surface area is 188 Å². The van der Waals surface area contributed by atoms with Crippen molar-refractivity contribution in [1.82, 2.24) is 24.5 Å². The van der Waals surface area contributed by atoms with Crippen molar-refractivity contribution in [2.75, 3.05) is 45.8 Å². The monoisotopic (exact) mass is 441 g/mol. The van der Waals surface area contributed by atoms with Crippen LogP contribution in [-0.2, 0) is 4.79 Å². The van der Waals surface area contributed by atoms with Gasteiger partial charge in [0.25, 0.3) is 5.91 Å². The first-order valence-electron chi connectivity index (χ1n) is 11.4. The highest BCUT2D eigenvalue weighted by molar-refractivity contribution is 5.95. The van der Waals surface area contributed by atoms with Crippen molar-refractivity contribution >= 4 is 11.8 Å². The minimum absolute atomic E-state index is 0.102. The summed E-state index contributed by atoms with van der Waals surface area (Å²) in [7, 11) is 0. The maximum atomic E-state index is 14.2. The van der Waals surface area contributed by atoms with Gasteiger partial charge in [-0.2, -0.15) is 5.10 Å². The van der Waals surface area contributed by atoms with E-state index in [1.54, 1.807) is 30.0 Å². The number of aromatic nitrogens is 2. The summed E-state index contributed by atoms with van der Waals surface area (Å²) in [5.41, 5.74) is 1.42.